The lowest BCUT2D eigenvalue weighted by Gasteiger charge is -2.20. The number of aliphatic imine (C=N–C) groups is 1. The van der Waals surface area contributed by atoms with Crippen LogP contribution in [0, 0.1) is 0 Å². The molecule has 0 saturated heterocycles. The summed E-state index contributed by atoms with van der Waals surface area (Å²) in [5.74, 6) is -0.00498. The van der Waals surface area contributed by atoms with Crippen molar-refractivity contribution in [1.82, 2.24) is 10.3 Å². The molecule has 0 fully saturated rings. The highest BCUT2D eigenvalue weighted by molar-refractivity contribution is 6.10. The lowest BCUT2D eigenvalue weighted by Crippen LogP contribution is -2.27. The molecule has 1 amide bonds. The Balaban J connectivity index is 1.89. The summed E-state index contributed by atoms with van der Waals surface area (Å²) in [6.07, 6.45) is 3.14. The first-order chi connectivity index (χ1) is 13.7. The number of anilines is 1. The van der Waals surface area contributed by atoms with Crippen LogP contribution in [0.2, 0.25) is 0 Å². The van der Waals surface area contributed by atoms with Crippen molar-refractivity contribution in [3.8, 4) is 11.3 Å². The Morgan fingerprint density at radius 1 is 1.07 bits per heavy atom. The van der Waals surface area contributed by atoms with Crippen molar-refractivity contribution in [2.24, 2.45) is 4.99 Å². The molecule has 2 aliphatic heterocycles. The van der Waals surface area contributed by atoms with Crippen LogP contribution in [0.5, 0.6) is 0 Å². The molecule has 0 spiro atoms. The van der Waals surface area contributed by atoms with Crippen molar-refractivity contribution >= 4 is 22.9 Å². The van der Waals surface area contributed by atoms with Crippen LogP contribution in [0.3, 0.4) is 0 Å². The van der Waals surface area contributed by atoms with Gasteiger partial charge in [0.25, 0.3) is 5.91 Å². The number of aromatic amines is 1. The van der Waals surface area contributed by atoms with Gasteiger partial charge in [0.05, 0.1) is 34.6 Å². The van der Waals surface area contributed by atoms with E-state index in [9.17, 15) is 4.79 Å². The maximum atomic E-state index is 12.2. The van der Waals surface area contributed by atoms with E-state index in [1.807, 2.05) is 13.0 Å². The number of rotatable bonds is 2. The second kappa shape index (κ2) is 6.90. The third kappa shape index (κ3) is 3.50. The molecule has 2 aliphatic rings. The lowest BCUT2D eigenvalue weighted by atomic mass is 9.93. The van der Waals surface area contributed by atoms with Gasteiger partial charge in [-0.2, -0.15) is 0 Å². The van der Waals surface area contributed by atoms with E-state index in [4.69, 9.17) is 4.99 Å². The minimum Gasteiger partial charge on any atom is -0.376 e. The topological polar surface area (TPSA) is 69.3 Å². The number of allylic oxidation sites excluding steroid dienone is 1. The molecule has 3 N–H and O–H groups in total. The van der Waals surface area contributed by atoms with Crippen LogP contribution in [-0.2, 0) is 0 Å². The average Bonchev–Trinajstić information content (AvgIpc) is 3.15. The van der Waals surface area contributed by atoms with Gasteiger partial charge in [0.15, 0.2) is 0 Å². The van der Waals surface area contributed by atoms with Crippen LogP contribution in [0.15, 0.2) is 35.3 Å². The monoisotopic (exact) mass is 390 g/mol. The molecule has 1 aromatic carbocycles. The molecule has 5 heteroatoms. The van der Waals surface area contributed by atoms with E-state index in [0.717, 1.165) is 40.3 Å². The van der Waals surface area contributed by atoms with Crippen molar-refractivity contribution in [1.29, 1.82) is 0 Å². The maximum Gasteiger partial charge on any atom is 0.253 e. The van der Waals surface area contributed by atoms with Crippen LogP contribution in [-0.4, -0.2) is 28.2 Å². The van der Waals surface area contributed by atoms with Crippen molar-refractivity contribution in [3.63, 3.8) is 0 Å². The third-order valence-corrected chi connectivity index (χ3v) is 5.53. The summed E-state index contributed by atoms with van der Waals surface area (Å²) in [6, 6.07) is 8.44. The quantitative estimate of drug-likeness (QED) is 0.648. The molecule has 1 aromatic heterocycles. The molecule has 29 heavy (non-hydrogen) atoms. The summed E-state index contributed by atoms with van der Waals surface area (Å²) in [7, 11) is 0. The molecule has 0 saturated carbocycles. The Labute approximate surface area is 172 Å². The third-order valence-electron chi connectivity index (χ3n) is 5.53. The van der Waals surface area contributed by atoms with E-state index < -0.39 is 0 Å². The van der Waals surface area contributed by atoms with E-state index >= 15 is 0 Å². The highest BCUT2D eigenvalue weighted by Crippen LogP contribution is 2.40. The van der Waals surface area contributed by atoms with Gasteiger partial charge >= 0.3 is 0 Å². The van der Waals surface area contributed by atoms with Gasteiger partial charge in [-0.15, -0.1) is 0 Å². The summed E-state index contributed by atoms with van der Waals surface area (Å²) >= 11 is 0. The number of hydrogen-bond acceptors (Lipinski definition) is 3. The molecule has 2 unspecified atom stereocenters. The van der Waals surface area contributed by atoms with Gasteiger partial charge in [0.1, 0.15) is 0 Å². The lowest BCUT2D eigenvalue weighted by molar-refractivity contribution is 0.0958. The van der Waals surface area contributed by atoms with Gasteiger partial charge in [0.2, 0.25) is 0 Å². The minimum atomic E-state index is -0.135. The number of H-pyrrole nitrogens is 1. The molecular formula is C24H30N4O. The number of benzene rings is 1. The molecule has 2 atom stereocenters. The van der Waals surface area contributed by atoms with E-state index in [-0.39, 0.29) is 23.5 Å². The van der Waals surface area contributed by atoms with Crippen molar-refractivity contribution in [2.75, 3.05) is 5.32 Å². The first-order valence-corrected chi connectivity index (χ1v) is 10.4. The van der Waals surface area contributed by atoms with Gasteiger partial charge < -0.3 is 15.6 Å². The van der Waals surface area contributed by atoms with E-state index in [1.165, 1.54) is 11.1 Å². The highest BCUT2D eigenvalue weighted by Gasteiger charge is 2.29. The molecule has 2 aromatic rings. The molecule has 5 nitrogen and oxygen atoms in total. The highest BCUT2D eigenvalue weighted by atomic mass is 16.2. The van der Waals surface area contributed by atoms with E-state index in [2.05, 4.69) is 74.5 Å². The number of hydrogen-bond donors (Lipinski definition) is 3. The molecule has 0 radical (unpaired) electrons. The summed E-state index contributed by atoms with van der Waals surface area (Å²) in [5, 5.41) is 6.62. The van der Waals surface area contributed by atoms with Gasteiger partial charge in [-0.1, -0.05) is 19.1 Å². The van der Waals surface area contributed by atoms with Crippen LogP contribution in [0.1, 0.15) is 75.6 Å². The zero-order valence-corrected chi connectivity index (χ0v) is 18.1. The van der Waals surface area contributed by atoms with Crippen molar-refractivity contribution < 1.29 is 4.79 Å². The number of aromatic nitrogens is 1. The molecule has 0 bridgehead atoms. The number of nitrogens with zero attached hydrogens (tertiary/aromatic N) is 1. The van der Waals surface area contributed by atoms with Gasteiger partial charge in [-0.25, -0.2) is 0 Å². The first-order valence-electron chi connectivity index (χ1n) is 10.4. The van der Waals surface area contributed by atoms with Gasteiger partial charge in [0, 0.05) is 22.5 Å². The second-order valence-electron chi connectivity index (χ2n) is 9.03. The summed E-state index contributed by atoms with van der Waals surface area (Å²) in [5.41, 5.74) is 8.29. The Morgan fingerprint density at radius 2 is 1.83 bits per heavy atom. The fourth-order valence-corrected chi connectivity index (χ4v) is 4.21. The average molecular weight is 391 g/mol. The molecule has 152 valence electrons. The van der Waals surface area contributed by atoms with Gasteiger partial charge in [-0.05, 0) is 64.8 Å². The van der Waals surface area contributed by atoms with Crippen molar-refractivity contribution in [2.45, 2.75) is 65.6 Å². The number of carbonyl (C=O) groups is 1. The van der Waals surface area contributed by atoms with Crippen LogP contribution in [0.4, 0.5) is 5.69 Å². The Morgan fingerprint density at radius 3 is 2.48 bits per heavy atom. The number of carbonyl (C=O) groups excluding carboxylic acids is 1. The van der Waals surface area contributed by atoms with Crippen LogP contribution in [0.25, 0.3) is 16.8 Å². The first kappa shape index (κ1) is 19.5. The predicted molar refractivity (Wildman–Crippen MR) is 121 cm³/mol. The zero-order valence-electron chi connectivity index (χ0n) is 18.1. The number of nitrogens with one attached hydrogen (secondary N) is 3. The molecule has 4 rings (SSSR count). The van der Waals surface area contributed by atoms with Crippen molar-refractivity contribution in [3.05, 3.63) is 47.2 Å². The van der Waals surface area contributed by atoms with Crippen LogP contribution < -0.4 is 10.6 Å². The number of fused-ring (bicyclic) bond motifs is 2. The molecule has 3 heterocycles. The predicted octanol–water partition coefficient (Wildman–Crippen LogP) is 5.33. The Kier molecular flexibility index (Phi) is 4.64. The Hall–Kier alpha value is -2.82. The summed E-state index contributed by atoms with van der Waals surface area (Å²) in [4.78, 5) is 20.7. The fourth-order valence-electron chi connectivity index (χ4n) is 4.21. The van der Waals surface area contributed by atoms with Gasteiger partial charge in [-0.3, -0.25) is 9.79 Å². The van der Waals surface area contributed by atoms with E-state index in [1.54, 1.807) is 0 Å². The fraction of sp³-hybridized carbons (Fsp3) is 0.417. The largest absolute Gasteiger partial charge is 0.376 e. The van der Waals surface area contributed by atoms with E-state index in [0.29, 0.717) is 0 Å². The summed E-state index contributed by atoms with van der Waals surface area (Å²) in [6.45, 7) is 12.7. The minimum absolute atomic E-state index is 0.00498. The second-order valence-corrected chi connectivity index (χ2v) is 9.03. The maximum absolute atomic E-state index is 12.2. The molecular weight excluding hydrogens is 360 g/mol. The normalized spacial score (nSPS) is 22.5. The Bertz CT molecular complexity index is 1040. The smallest absolute Gasteiger partial charge is 0.253 e. The van der Waals surface area contributed by atoms with Crippen LogP contribution >= 0.6 is 0 Å². The standard InChI is InChI=1S/C24H30N4O/c1-7-15-11-19(28-24(4,5)6)13(2)25-18-10-8-9-16(21(15)18)20-12-17-22(27-20)14(3)26-23(17)29/h8-14,25,27H,7H2,1-6H3,(H,26,29). The SMILES string of the molecule is CCC1=CC(=NC(C)(C)C)C(C)Nc2cccc(-c3cc4c([nH]3)C(C)NC4=O)c21. The summed E-state index contributed by atoms with van der Waals surface area (Å²) < 4.78 is 0. The zero-order chi connectivity index (χ0) is 20.9. The molecule has 0 aliphatic carbocycles. The number of amides is 1.